The molecule has 1 aliphatic rings. The Morgan fingerprint density at radius 1 is 0.875 bits per heavy atom. The van der Waals surface area contributed by atoms with E-state index in [1.165, 1.54) is 57.1 Å². The van der Waals surface area contributed by atoms with Gasteiger partial charge >= 0.3 is 0 Å². The summed E-state index contributed by atoms with van der Waals surface area (Å²) < 4.78 is 0. The molecule has 1 aromatic rings. The number of unbranched alkanes of at least 4 members (excludes halogenated alkanes) is 6. The Morgan fingerprint density at radius 2 is 1.54 bits per heavy atom. The van der Waals surface area contributed by atoms with Crippen LogP contribution in [0.2, 0.25) is 0 Å². The Balaban J connectivity index is 1.80. The zero-order chi connectivity index (χ0) is 17.2. The molecule has 24 heavy (non-hydrogen) atoms. The lowest BCUT2D eigenvalue weighted by atomic mass is 10.1. The van der Waals surface area contributed by atoms with Crippen molar-refractivity contribution in [2.45, 2.75) is 84.3 Å². The van der Waals surface area contributed by atoms with Crippen LogP contribution in [0.15, 0.2) is 42.7 Å². The van der Waals surface area contributed by atoms with Gasteiger partial charge in [-0.2, -0.15) is 0 Å². The minimum atomic E-state index is 0.479. The summed E-state index contributed by atoms with van der Waals surface area (Å²) in [6.07, 6.45) is 15.8. The molecule has 0 aromatic heterocycles. The van der Waals surface area contributed by atoms with Gasteiger partial charge < -0.3 is 9.80 Å². The third-order valence-electron chi connectivity index (χ3n) is 5.03. The number of nitrogens with zero attached hydrogens (tertiary/aromatic N) is 2. The number of hydrogen-bond acceptors (Lipinski definition) is 2. The van der Waals surface area contributed by atoms with E-state index < -0.39 is 0 Å². The lowest BCUT2D eigenvalue weighted by molar-refractivity contribution is 0.125. The third kappa shape index (κ3) is 5.89. The van der Waals surface area contributed by atoms with Crippen LogP contribution in [-0.4, -0.2) is 28.6 Å². The van der Waals surface area contributed by atoms with Crippen LogP contribution >= 0.6 is 0 Å². The molecule has 0 radical (unpaired) electrons. The second kappa shape index (κ2) is 10.4. The van der Waals surface area contributed by atoms with Crippen LogP contribution in [0.25, 0.3) is 0 Å². The molecule has 2 rings (SSSR count). The van der Waals surface area contributed by atoms with E-state index in [1.54, 1.807) is 0 Å². The molecule has 134 valence electrons. The standard InChI is InChI=1S/C22H36N2/c1-4-5-6-7-8-9-13-16-23-17-18-24(20(2)3)22(23)19-21-14-11-10-12-15-21/h10-12,14-15,17-18,20,22H,4-9,13,16,19H2,1-3H3. The van der Waals surface area contributed by atoms with Gasteiger partial charge in [-0.15, -0.1) is 0 Å². The van der Waals surface area contributed by atoms with Crippen molar-refractivity contribution in [3.63, 3.8) is 0 Å². The van der Waals surface area contributed by atoms with Gasteiger partial charge in [-0.3, -0.25) is 0 Å². The van der Waals surface area contributed by atoms with Gasteiger partial charge in [-0.25, -0.2) is 0 Å². The van der Waals surface area contributed by atoms with Gasteiger partial charge in [-0.05, 0) is 25.8 Å². The van der Waals surface area contributed by atoms with E-state index in [9.17, 15) is 0 Å². The summed E-state index contributed by atoms with van der Waals surface area (Å²) in [7, 11) is 0. The average Bonchev–Trinajstić information content (AvgIpc) is 2.98. The van der Waals surface area contributed by atoms with Gasteiger partial charge in [0.15, 0.2) is 0 Å². The summed E-state index contributed by atoms with van der Waals surface area (Å²) in [6.45, 7) is 8.05. The highest BCUT2D eigenvalue weighted by Gasteiger charge is 2.27. The highest BCUT2D eigenvalue weighted by molar-refractivity contribution is 5.17. The van der Waals surface area contributed by atoms with E-state index in [4.69, 9.17) is 0 Å². The van der Waals surface area contributed by atoms with Crippen LogP contribution < -0.4 is 0 Å². The third-order valence-corrected chi connectivity index (χ3v) is 5.03. The van der Waals surface area contributed by atoms with Crippen LogP contribution in [0.3, 0.4) is 0 Å². The first kappa shape index (κ1) is 18.9. The SMILES string of the molecule is CCCCCCCCCN1C=CN(C(C)C)C1Cc1ccccc1. The van der Waals surface area contributed by atoms with Gasteiger partial charge in [0.2, 0.25) is 0 Å². The smallest absolute Gasteiger partial charge is 0.105 e. The molecule has 0 N–H and O–H groups in total. The molecule has 0 saturated heterocycles. The van der Waals surface area contributed by atoms with E-state index in [1.807, 2.05) is 0 Å². The van der Waals surface area contributed by atoms with Crippen LogP contribution in [-0.2, 0) is 6.42 Å². The molecule has 1 atom stereocenters. The fraction of sp³-hybridized carbons (Fsp3) is 0.636. The van der Waals surface area contributed by atoms with Gasteiger partial charge in [0, 0.05) is 31.4 Å². The average molecular weight is 329 g/mol. The summed E-state index contributed by atoms with van der Waals surface area (Å²) >= 11 is 0. The number of rotatable bonds is 11. The molecule has 2 heteroatoms. The van der Waals surface area contributed by atoms with Gasteiger partial charge in [0.05, 0.1) is 0 Å². The molecular formula is C22H36N2. The molecule has 0 amide bonds. The molecule has 1 unspecified atom stereocenters. The van der Waals surface area contributed by atoms with Crippen molar-refractivity contribution in [1.82, 2.24) is 9.80 Å². The minimum Gasteiger partial charge on any atom is -0.356 e. The van der Waals surface area contributed by atoms with Crippen LogP contribution in [0.5, 0.6) is 0 Å². The van der Waals surface area contributed by atoms with E-state index in [2.05, 4.69) is 73.3 Å². The predicted molar refractivity (Wildman–Crippen MR) is 105 cm³/mol. The Hall–Kier alpha value is -1.44. The van der Waals surface area contributed by atoms with E-state index in [0.717, 1.165) is 6.42 Å². The maximum atomic E-state index is 2.55. The second-order valence-electron chi connectivity index (χ2n) is 7.37. The first-order chi connectivity index (χ1) is 11.7. The second-order valence-corrected chi connectivity index (χ2v) is 7.37. The zero-order valence-corrected chi connectivity index (χ0v) is 16.0. The molecule has 1 aliphatic heterocycles. The lowest BCUT2D eigenvalue weighted by Crippen LogP contribution is -2.43. The van der Waals surface area contributed by atoms with Gasteiger partial charge in [-0.1, -0.05) is 75.8 Å². The molecule has 1 heterocycles. The van der Waals surface area contributed by atoms with Crippen molar-refractivity contribution >= 4 is 0 Å². The summed E-state index contributed by atoms with van der Waals surface area (Å²) in [6, 6.07) is 11.5. The lowest BCUT2D eigenvalue weighted by Gasteiger charge is -2.35. The fourth-order valence-electron chi connectivity index (χ4n) is 3.57. The topological polar surface area (TPSA) is 6.48 Å². The van der Waals surface area contributed by atoms with E-state index in [-0.39, 0.29) is 0 Å². The van der Waals surface area contributed by atoms with E-state index >= 15 is 0 Å². The summed E-state index contributed by atoms with van der Waals surface area (Å²) in [5, 5.41) is 0. The molecule has 0 aliphatic carbocycles. The molecule has 0 bridgehead atoms. The summed E-state index contributed by atoms with van der Waals surface area (Å²) in [5.41, 5.74) is 1.43. The normalized spacial score (nSPS) is 17.2. The first-order valence-electron chi connectivity index (χ1n) is 9.97. The monoisotopic (exact) mass is 328 g/mol. The van der Waals surface area contributed by atoms with Crippen LogP contribution in [0.4, 0.5) is 0 Å². The quantitative estimate of drug-likeness (QED) is 0.473. The maximum Gasteiger partial charge on any atom is 0.105 e. The minimum absolute atomic E-state index is 0.479. The molecule has 1 aromatic carbocycles. The summed E-state index contributed by atoms with van der Waals surface area (Å²) in [5.74, 6) is 0. The van der Waals surface area contributed by atoms with Crippen LogP contribution in [0.1, 0.15) is 71.3 Å². The van der Waals surface area contributed by atoms with Gasteiger partial charge in [0.1, 0.15) is 6.17 Å². The van der Waals surface area contributed by atoms with E-state index in [0.29, 0.717) is 12.2 Å². The molecule has 2 nitrogen and oxygen atoms in total. The van der Waals surface area contributed by atoms with Crippen molar-refractivity contribution in [3.8, 4) is 0 Å². The maximum absolute atomic E-state index is 2.55. The summed E-state index contributed by atoms with van der Waals surface area (Å²) in [4.78, 5) is 5.06. The Bertz CT molecular complexity index is 466. The van der Waals surface area contributed by atoms with Crippen molar-refractivity contribution in [2.24, 2.45) is 0 Å². The van der Waals surface area contributed by atoms with Crippen molar-refractivity contribution in [1.29, 1.82) is 0 Å². The Kier molecular flexibility index (Phi) is 8.21. The van der Waals surface area contributed by atoms with Crippen molar-refractivity contribution in [3.05, 3.63) is 48.3 Å². The van der Waals surface area contributed by atoms with Gasteiger partial charge in [0.25, 0.3) is 0 Å². The highest BCUT2D eigenvalue weighted by Crippen LogP contribution is 2.23. The Morgan fingerprint density at radius 3 is 2.21 bits per heavy atom. The fourth-order valence-corrected chi connectivity index (χ4v) is 3.57. The highest BCUT2D eigenvalue weighted by atomic mass is 15.4. The number of benzene rings is 1. The largest absolute Gasteiger partial charge is 0.356 e. The molecule has 0 saturated carbocycles. The molecule has 0 fully saturated rings. The van der Waals surface area contributed by atoms with Crippen molar-refractivity contribution < 1.29 is 0 Å². The van der Waals surface area contributed by atoms with Crippen molar-refractivity contribution in [2.75, 3.05) is 6.54 Å². The van der Waals surface area contributed by atoms with Crippen LogP contribution in [0, 0.1) is 0 Å². The molecular weight excluding hydrogens is 292 g/mol. The Labute approximate surface area is 149 Å². The molecule has 0 spiro atoms. The first-order valence-corrected chi connectivity index (χ1v) is 9.97. The number of hydrogen-bond donors (Lipinski definition) is 0. The zero-order valence-electron chi connectivity index (χ0n) is 16.0. The predicted octanol–water partition coefficient (Wildman–Crippen LogP) is 5.80.